The Labute approximate surface area is 843 Å². The molecule has 671 valence electrons. The monoisotopic (exact) mass is 2280 g/mol. The first kappa shape index (κ1) is 69.8. The van der Waals surface area contributed by atoms with E-state index in [9.17, 15) is 1.37 Å². The SMILES string of the molecule is [2H]C([2H])([2H])c1c[c-]c(-c2cc(C)c(C([2H])([2H])[2H])cn2)cc1.[2H]C([2H])([2H])c1c[c-]c(-c2cc(C)c(C([2H])([2H])[2H])cn2)cc1.[2H]C([2H])([2H])c1c[c-]c(-c2cc(C)c(C([2H])([2H])[2H])cn2)cc1.[2H]C([2H])(c1ccnc(-c2[c-]ccc3c2oc2nc(C)ccc23)c1)C1CC2CCC1C2.[2H]C1(c2ccnc(-c3[c-]ccc4c3oc3nc(C)ccc34)c2)CC2CCC1C2.[2H]C1(c2ccnc(-c3[c-]ccc4c3oc3nc(C)ccc34)c2)CCC(C)(C)CC1.[Ir].[Ir].[Ir]. The third-order valence-electron chi connectivity index (χ3n) is 25.6. The number of benzene rings is 6. The number of fused-ring (bicyclic) bond motifs is 13. The van der Waals surface area contributed by atoms with Crippen LogP contribution in [-0.2, 0) is 66.7 Å². The first-order valence-electron chi connectivity index (χ1n) is 54.8. The van der Waals surface area contributed by atoms with Gasteiger partial charge in [-0.3, -0.25) is 0 Å². The minimum atomic E-state index is -2.19. The number of aromatic nitrogens is 9. The van der Waals surface area contributed by atoms with Gasteiger partial charge < -0.3 is 43.2 Å². The summed E-state index contributed by atoms with van der Waals surface area (Å²) >= 11 is 0. The Morgan fingerprint density at radius 3 is 1.14 bits per heavy atom. The fourth-order valence-electron chi connectivity index (χ4n) is 18.3. The molecule has 131 heavy (non-hydrogen) atoms. The van der Waals surface area contributed by atoms with E-state index in [1.165, 1.54) is 93.5 Å². The van der Waals surface area contributed by atoms with Crippen LogP contribution in [0, 0.1) is 154 Å². The predicted octanol–water partition coefficient (Wildman–Crippen LogP) is 29.4. The second-order valence-electron chi connectivity index (χ2n) is 35.2. The Morgan fingerprint density at radius 2 is 0.771 bits per heavy atom. The van der Waals surface area contributed by atoms with Crippen molar-refractivity contribution in [2.75, 3.05) is 0 Å². The van der Waals surface area contributed by atoms with Crippen LogP contribution in [0.15, 0.2) is 232 Å². The zero-order valence-electron chi connectivity index (χ0n) is 95.9. The van der Waals surface area contributed by atoms with E-state index in [-0.39, 0.29) is 99.6 Å². The Kier molecular flexibility index (Phi) is 22.1. The van der Waals surface area contributed by atoms with Crippen LogP contribution in [-0.4, -0.2) is 44.9 Å². The summed E-state index contributed by atoms with van der Waals surface area (Å²) in [4.78, 5) is 39.8. The molecule has 4 bridgehead atoms. The van der Waals surface area contributed by atoms with E-state index >= 15 is 0 Å². The molecule has 6 atom stereocenters. The van der Waals surface area contributed by atoms with Gasteiger partial charge in [-0.15, -0.1) is 161 Å². The number of rotatable bonds is 10. The summed E-state index contributed by atoms with van der Waals surface area (Å²) in [7, 11) is 0. The molecule has 3 radical (unpaired) electrons. The molecule has 5 aliphatic carbocycles. The van der Waals surface area contributed by atoms with Gasteiger partial charge in [0.05, 0.1) is 16.7 Å². The molecule has 0 N–H and O–H groups in total. The van der Waals surface area contributed by atoms with Crippen molar-refractivity contribution < 1.29 is 104 Å². The number of hydrogen-bond donors (Lipinski definition) is 0. The van der Waals surface area contributed by atoms with Gasteiger partial charge in [-0.2, -0.15) is 0 Å². The van der Waals surface area contributed by atoms with Crippen molar-refractivity contribution in [1.82, 2.24) is 44.9 Å². The van der Waals surface area contributed by atoms with Gasteiger partial charge in [0.2, 0.25) is 17.1 Å². The molecule has 5 aliphatic rings. The van der Waals surface area contributed by atoms with E-state index in [4.69, 9.17) is 42.0 Å². The topological polar surface area (TPSA) is 155 Å². The van der Waals surface area contributed by atoms with E-state index in [0.29, 0.717) is 108 Å². The summed E-state index contributed by atoms with van der Waals surface area (Å²) in [6.07, 6.45) is 21.2. The molecule has 0 amide bonds. The summed E-state index contributed by atoms with van der Waals surface area (Å²) in [6, 6.07) is 73.0. The zero-order valence-corrected chi connectivity index (χ0v) is 81.1. The van der Waals surface area contributed by atoms with Gasteiger partial charge in [0.25, 0.3) is 0 Å². The maximum atomic E-state index is 9.17. The van der Waals surface area contributed by atoms with Crippen molar-refractivity contribution in [3.63, 3.8) is 0 Å². The third kappa shape index (κ3) is 21.5. The molecule has 5 fully saturated rings. The van der Waals surface area contributed by atoms with E-state index in [1.807, 2.05) is 118 Å². The van der Waals surface area contributed by atoms with Crippen molar-refractivity contribution >= 4 is 66.2 Å². The van der Waals surface area contributed by atoms with Crippen LogP contribution < -0.4 is 0 Å². The second kappa shape index (κ2) is 41.4. The molecule has 5 saturated carbocycles. The molecular formula is C116H111Ir3N9O3-6. The Hall–Kier alpha value is -11.0. The average molecular weight is 2280 g/mol. The number of furan rings is 3. The molecule has 12 aromatic heterocycles. The maximum Gasteiger partial charge on any atom is 0.216 e. The Morgan fingerprint density at radius 1 is 0.374 bits per heavy atom. The van der Waals surface area contributed by atoms with E-state index in [0.717, 1.165) is 144 Å². The van der Waals surface area contributed by atoms with Gasteiger partial charge in [0.1, 0.15) is 0 Å². The second-order valence-corrected chi connectivity index (χ2v) is 35.2. The van der Waals surface area contributed by atoms with Gasteiger partial charge in [-0.1, -0.05) is 150 Å². The Bertz CT molecular complexity index is 7780. The first-order chi connectivity index (χ1) is 70.7. The molecule has 15 heteroatoms. The van der Waals surface area contributed by atoms with Crippen LogP contribution in [0.5, 0.6) is 0 Å². The van der Waals surface area contributed by atoms with Gasteiger partial charge in [0, 0.05) is 161 Å². The molecule has 0 aliphatic heterocycles. The fraction of sp³-hybridized carbons (Fsp3) is 0.302. The molecule has 0 saturated heterocycles. The van der Waals surface area contributed by atoms with Gasteiger partial charge >= 0.3 is 0 Å². The van der Waals surface area contributed by atoms with Crippen LogP contribution in [0.1, 0.15) is 217 Å². The molecule has 12 heterocycles. The molecule has 6 aromatic carbocycles. The number of nitrogens with zero attached hydrogens (tertiary/aromatic N) is 9. The quantitative estimate of drug-likeness (QED) is 0.120. The molecule has 6 unspecified atom stereocenters. The van der Waals surface area contributed by atoms with Crippen LogP contribution in [0.4, 0.5) is 0 Å². The fourth-order valence-corrected chi connectivity index (χ4v) is 18.3. The first-order valence-corrected chi connectivity index (χ1v) is 43.8. The number of hydrogen-bond acceptors (Lipinski definition) is 12. The minimum absolute atomic E-state index is 0. The van der Waals surface area contributed by atoms with Crippen LogP contribution >= 0.6 is 0 Å². The molecule has 0 spiro atoms. The summed E-state index contributed by atoms with van der Waals surface area (Å²) in [5.74, 6) is 1.51. The van der Waals surface area contributed by atoms with Crippen LogP contribution in [0.25, 0.3) is 134 Å². The van der Waals surface area contributed by atoms with E-state index in [1.54, 1.807) is 63.4 Å². The van der Waals surface area contributed by atoms with E-state index in [2.05, 4.69) is 119 Å². The molecule has 12 nitrogen and oxygen atoms in total. The van der Waals surface area contributed by atoms with Crippen LogP contribution in [0.2, 0.25) is 0 Å². The van der Waals surface area contributed by atoms with Crippen molar-refractivity contribution in [2.24, 2.45) is 35.0 Å². The summed E-state index contributed by atoms with van der Waals surface area (Å²) in [5, 5.41) is 6.02. The largest absolute Gasteiger partial charge is 0.486 e. The molecule has 18 aromatic rings. The van der Waals surface area contributed by atoms with Crippen LogP contribution in [0.3, 0.4) is 0 Å². The van der Waals surface area contributed by atoms with Gasteiger partial charge in [-0.25, -0.2) is 15.0 Å². The summed E-state index contributed by atoms with van der Waals surface area (Å²) in [5.41, 5.74) is 21.6. The smallest absolute Gasteiger partial charge is 0.216 e. The zero-order chi connectivity index (χ0) is 107. The molecular weight excluding hydrogens is 2140 g/mol. The van der Waals surface area contributed by atoms with Gasteiger partial charge in [0.15, 0.2) is 0 Å². The predicted molar refractivity (Wildman–Crippen MR) is 519 cm³/mol. The van der Waals surface area contributed by atoms with Crippen molar-refractivity contribution in [1.29, 1.82) is 0 Å². The third-order valence-corrected chi connectivity index (χ3v) is 25.6. The van der Waals surface area contributed by atoms with Gasteiger partial charge in [-0.05, 0) is 285 Å². The maximum absolute atomic E-state index is 9.17. The minimum Gasteiger partial charge on any atom is -0.486 e. The van der Waals surface area contributed by atoms with Crippen molar-refractivity contribution in [3.05, 3.63) is 339 Å². The summed E-state index contributed by atoms with van der Waals surface area (Å²) in [6.45, 7) is 2.56. The summed E-state index contributed by atoms with van der Waals surface area (Å²) < 4.78 is 187. The Balaban J connectivity index is 0.000000137. The van der Waals surface area contributed by atoms with E-state index < -0.39 is 59.3 Å². The normalized spacial score (nSPS) is 21.3. The number of aryl methyl sites for hydroxylation is 12. The van der Waals surface area contributed by atoms with Crippen molar-refractivity contribution in [2.45, 2.75) is 192 Å². The number of pyridine rings is 9. The standard InChI is InChI=1S/C25H23N2O.C25H25N2O.C24H21N2O.3C14H14N.3Ir/c1-15-5-8-21-20-3-2-4-22(24(20)28-25(21)27-15)23-14-17(9-10-26-23)13-19-12-16-6-7-18(19)11-16;1-16-7-8-20-19-5-4-6-21(23(19)28-24(20)27-16)22-15-18(11-14-26-22)17-9-12-25(2,3)13-10-17;1-14-5-8-19-18-3-2-4-20(23(18)27-24(19)26-14)22-13-17(9-10-25-22)21-12-15-6-7-16(21)11-15;3*1-10-4-6-13(7-5-10)14-8-11(2)12(3)9-15-14;;;/h2-3,5,8-10,14,16,18-19H,6-7,11-13H2,1H3;4-5,7-8,11,14-15,17H,9-10,12-13H2,1-3H3;2-3,5,8-10,13,15-16,21H,6-7,11-12H2,1H3;3*4-6,8-9H,1-3H3;;;/q6*-1;;;/i13D2;17D;21D;3*1D3,3D3;;;. The van der Waals surface area contributed by atoms with Crippen molar-refractivity contribution in [3.8, 4) is 67.5 Å². The average Bonchev–Trinajstić information content (AvgIpc) is 1.59. The molecule has 23 rings (SSSR count).